The molecule has 0 bridgehead atoms. The van der Waals surface area contributed by atoms with E-state index in [2.05, 4.69) is 60.2 Å². The lowest BCUT2D eigenvalue weighted by Crippen LogP contribution is -2.60. The zero-order valence-electron chi connectivity index (χ0n) is 39.7. The number of aromatic nitrogens is 1. The average molecular weight is 870 g/mol. The van der Waals surface area contributed by atoms with Gasteiger partial charge in [-0.25, -0.2) is 4.98 Å². The second kappa shape index (κ2) is 25.0. The third-order valence-electron chi connectivity index (χ3n) is 12.9. The minimum absolute atomic E-state index is 0.0193. The normalized spacial score (nSPS) is 18.5. The van der Waals surface area contributed by atoms with Crippen LogP contribution >= 0.6 is 11.3 Å². The van der Waals surface area contributed by atoms with Crippen molar-refractivity contribution in [1.29, 1.82) is 0 Å². The van der Waals surface area contributed by atoms with E-state index in [4.69, 9.17) is 9.47 Å². The van der Waals surface area contributed by atoms with E-state index >= 15 is 0 Å². The first-order valence-electron chi connectivity index (χ1n) is 22.4. The number of methoxy groups -OCH3 is 2. The van der Waals surface area contributed by atoms with E-state index in [1.54, 1.807) is 32.4 Å². The van der Waals surface area contributed by atoms with Gasteiger partial charge >= 0.3 is 0 Å². The van der Waals surface area contributed by atoms with Crippen LogP contribution in [0.1, 0.15) is 105 Å². The number of hydrogen-bond donors (Lipinski definition) is 2. The number of thiazole rings is 1. The third kappa shape index (κ3) is 14.3. The van der Waals surface area contributed by atoms with Crippen LogP contribution in [-0.2, 0) is 35.1 Å². The molecule has 14 heteroatoms. The topological polar surface area (TPSA) is 137 Å². The molecule has 9 atom stereocenters. The van der Waals surface area contributed by atoms with Gasteiger partial charge in [-0.15, -0.1) is 11.3 Å². The second-order valence-electron chi connectivity index (χ2n) is 18.2. The number of carbonyl (C=O) groups excluding carboxylic acids is 4. The Bertz CT molecular complexity index is 1630. The molecule has 0 aliphatic carbocycles. The highest BCUT2D eigenvalue weighted by molar-refractivity contribution is 7.09. The highest BCUT2D eigenvalue weighted by atomic mass is 32.1. The number of ether oxygens (including phenoxy) is 2. The number of amides is 4. The maximum Gasteiger partial charge on any atom is 0.245 e. The van der Waals surface area contributed by atoms with Gasteiger partial charge in [-0.1, -0.05) is 85.2 Å². The van der Waals surface area contributed by atoms with Crippen LogP contribution in [-0.4, -0.2) is 146 Å². The maximum absolute atomic E-state index is 14.6. The number of nitrogens with one attached hydrogen (secondary N) is 2. The molecule has 1 aromatic heterocycles. The molecule has 344 valence electrons. The van der Waals surface area contributed by atoms with Crippen molar-refractivity contribution in [3.8, 4) is 0 Å². The first kappa shape index (κ1) is 51.9. The number of nitrogens with zero attached hydrogens (tertiary/aromatic N) is 5. The molecule has 0 spiro atoms. The average Bonchev–Trinajstić information content (AvgIpc) is 3.95. The van der Waals surface area contributed by atoms with E-state index in [0.717, 1.165) is 30.0 Å². The van der Waals surface area contributed by atoms with E-state index < -0.39 is 36.3 Å². The van der Waals surface area contributed by atoms with Crippen LogP contribution in [0.4, 0.5) is 0 Å². The summed E-state index contributed by atoms with van der Waals surface area (Å²) in [6, 6.07) is 8.16. The minimum Gasteiger partial charge on any atom is -0.379 e. The van der Waals surface area contributed by atoms with E-state index in [-0.39, 0.29) is 59.9 Å². The lowest BCUT2D eigenvalue weighted by molar-refractivity contribution is -0.148. The Balaban J connectivity index is 1.78. The summed E-state index contributed by atoms with van der Waals surface area (Å²) in [5, 5.41) is 9.13. The first-order chi connectivity index (χ1) is 28.9. The third-order valence-corrected chi connectivity index (χ3v) is 13.8. The van der Waals surface area contributed by atoms with Crippen LogP contribution < -0.4 is 10.6 Å². The smallest absolute Gasteiger partial charge is 0.245 e. The minimum atomic E-state index is -0.772. The Labute approximate surface area is 371 Å². The van der Waals surface area contributed by atoms with Crippen molar-refractivity contribution >= 4 is 35.0 Å². The molecule has 13 nitrogen and oxygen atoms in total. The standard InChI is InChI=1S/C47H79N7O6S/c1-15-33(8)42(53(12)47(58)40(30(2)3)50-45(57)41(31(4)5)52(11)26-25-51(10)32(6)7)38(59-13)29-39(55)54-24-19-22-37(54)43(60-14)34(9)44(56)49-36(46-48-23-27-61-46)28-35-20-17-16-18-21-35/h16-18,20-21,23,27,30-34,36-38,40-43H,15,19,22,24-26,28-29H2,1-14H3,(H,49,56)(H,50,57)/t33-,34+,36-,37-,38+,40-,41-,42-,43+/m0/s1. The Morgan fingerprint density at radius 2 is 1.54 bits per heavy atom. The molecular weight excluding hydrogens is 791 g/mol. The van der Waals surface area contributed by atoms with Crippen LogP contribution in [0.3, 0.4) is 0 Å². The summed E-state index contributed by atoms with van der Waals surface area (Å²) < 4.78 is 12.2. The molecule has 3 rings (SSSR count). The van der Waals surface area contributed by atoms with Crippen molar-refractivity contribution in [2.45, 2.75) is 143 Å². The van der Waals surface area contributed by atoms with Crippen molar-refractivity contribution in [3.63, 3.8) is 0 Å². The predicted molar refractivity (Wildman–Crippen MR) is 245 cm³/mol. The quantitative estimate of drug-likeness (QED) is 0.125. The molecule has 2 heterocycles. The first-order valence-corrected chi connectivity index (χ1v) is 23.3. The fraction of sp³-hybridized carbons (Fsp3) is 0.723. The van der Waals surface area contributed by atoms with Crippen molar-refractivity contribution < 1.29 is 28.7 Å². The molecular formula is C47H79N7O6S. The molecule has 0 radical (unpaired) electrons. The Hall–Kier alpha value is -3.43. The Kier molecular flexibility index (Phi) is 21.3. The summed E-state index contributed by atoms with van der Waals surface area (Å²) >= 11 is 1.51. The van der Waals surface area contributed by atoms with Gasteiger partial charge in [0.05, 0.1) is 48.7 Å². The lowest BCUT2D eigenvalue weighted by Gasteiger charge is -2.41. The molecule has 2 N–H and O–H groups in total. The molecule has 0 saturated carbocycles. The Morgan fingerprint density at radius 1 is 0.885 bits per heavy atom. The van der Waals surface area contributed by atoms with E-state index in [9.17, 15) is 19.2 Å². The summed E-state index contributed by atoms with van der Waals surface area (Å²) in [7, 11) is 9.01. The fourth-order valence-corrected chi connectivity index (χ4v) is 9.45. The summed E-state index contributed by atoms with van der Waals surface area (Å²) in [6.07, 6.45) is 3.45. The summed E-state index contributed by atoms with van der Waals surface area (Å²) in [4.78, 5) is 69.4. The van der Waals surface area contributed by atoms with Gasteiger partial charge in [0.15, 0.2) is 0 Å². The number of likely N-dealkylation sites (tertiary alicyclic amines) is 1. The van der Waals surface area contributed by atoms with Gasteiger partial charge < -0.3 is 34.8 Å². The van der Waals surface area contributed by atoms with Crippen LogP contribution in [0.25, 0.3) is 0 Å². The van der Waals surface area contributed by atoms with Gasteiger partial charge in [-0.3, -0.25) is 24.1 Å². The van der Waals surface area contributed by atoms with Crippen LogP contribution in [0.2, 0.25) is 0 Å². The second-order valence-corrected chi connectivity index (χ2v) is 19.1. The highest BCUT2D eigenvalue weighted by Gasteiger charge is 2.43. The molecule has 1 aliphatic heterocycles. The molecule has 0 unspecified atom stereocenters. The van der Waals surface area contributed by atoms with Gasteiger partial charge in [0.25, 0.3) is 0 Å². The van der Waals surface area contributed by atoms with Gasteiger partial charge in [0.1, 0.15) is 11.0 Å². The number of benzene rings is 1. The van der Waals surface area contributed by atoms with E-state index in [1.807, 2.05) is 82.3 Å². The van der Waals surface area contributed by atoms with Crippen molar-refractivity contribution in [2.24, 2.45) is 23.7 Å². The van der Waals surface area contributed by atoms with Crippen LogP contribution in [0.5, 0.6) is 0 Å². The summed E-state index contributed by atoms with van der Waals surface area (Å²) in [5.41, 5.74) is 1.09. The van der Waals surface area contributed by atoms with Gasteiger partial charge in [-0.2, -0.15) is 0 Å². The van der Waals surface area contributed by atoms with E-state index in [1.165, 1.54) is 11.3 Å². The van der Waals surface area contributed by atoms with Gasteiger partial charge in [0.2, 0.25) is 23.6 Å². The fourth-order valence-electron chi connectivity index (χ4n) is 8.76. The molecule has 1 fully saturated rings. The zero-order valence-corrected chi connectivity index (χ0v) is 40.5. The monoisotopic (exact) mass is 870 g/mol. The molecule has 2 aromatic rings. The van der Waals surface area contributed by atoms with Crippen molar-refractivity contribution in [3.05, 3.63) is 52.5 Å². The Morgan fingerprint density at radius 3 is 2.08 bits per heavy atom. The zero-order chi connectivity index (χ0) is 45.6. The van der Waals surface area contributed by atoms with Crippen LogP contribution in [0, 0.1) is 23.7 Å². The number of hydrogen-bond acceptors (Lipinski definition) is 10. The van der Waals surface area contributed by atoms with Gasteiger partial charge in [-0.05, 0) is 70.5 Å². The SMILES string of the molecule is CC[C@H](C)[C@@H]([C@@H](CC(=O)N1CCC[C@H]1[C@H](OC)[C@@H](C)C(=O)N[C@@H](Cc1ccccc1)c1nccs1)OC)N(C)C(=O)[C@@H](NC(=O)[C@H](C(C)C)N(C)CCN(C)C(C)C)C(C)C. The molecule has 4 amide bonds. The molecule has 1 saturated heterocycles. The number of carbonyl (C=O) groups is 4. The summed E-state index contributed by atoms with van der Waals surface area (Å²) in [5.74, 6) is -1.39. The number of likely N-dealkylation sites (N-methyl/N-ethyl adjacent to an activating group) is 3. The molecule has 61 heavy (non-hydrogen) atoms. The largest absolute Gasteiger partial charge is 0.379 e. The highest BCUT2D eigenvalue weighted by Crippen LogP contribution is 2.30. The summed E-state index contributed by atoms with van der Waals surface area (Å²) in [6.45, 7) is 20.3. The van der Waals surface area contributed by atoms with Crippen molar-refractivity contribution in [1.82, 2.24) is 35.2 Å². The van der Waals surface area contributed by atoms with Gasteiger partial charge in [0, 0.05) is 58.5 Å². The van der Waals surface area contributed by atoms with Crippen LogP contribution in [0.15, 0.2) is 41.9 Å². The predicted octanol–water partition coefficient (Wildman–Crippen LogP) is 5.90. The number of rotatable bonds is 25. The molecule has 1 aliphatic rings. The van der Waals surface area contributed by atoms with Crippen molar-refractivity contribution in [2.75, 3.05) is 55.0 Å². The van der Waals surface area contributed by atoms with E-state index in [0.29, 0.717) is 32.0 Å². The molecule has 1 aromatic carbocycles. The maximum atomic E-state index is 14.6. The lowest BCUT2D eigenvalue weighted by atomic mass is 9.89.